The third-order valence-corrected chi connectivity index (χ3v) is 4.58. The zero-order chi connectivity index (χ0) is 18.2. The third-order valence-electron chi connectivity index (χ3n) is 4.58. The number of anilines is 1. The standard InChI is InChI=1S/C19H29N3O3/c1-4-21(17-7-5-6-15(2)12-17)9-8-20-19(24)16-13-18(23)22(14-16)10-11-25-3/h5-7,12,16H,4,8-11,13-14H2,1-3H3,(H,20,24)/t16-/m0/s1. The summed E-state index contributed by atoms with van der Waals surface area (Å²) in [5, 5.41) is 2.98. The smallest absolute Gasteiger partial charge is 0.225 e. The van der Waals surface area contributed by atoms with E-state index >= 15 is 0 Å². The fourth-order valence-corrected chi connectivity index (χ4v) is 3.12. The van der Waals surface area contributed by atoms with Gasteiger partial charge in [0.2, 0.25) is 11.8 Å². The van der Waals surface area contributed by atoms with Crippen molar-refractivity contribution in [3.63, 3.8) is 0 Å². The summed E-state index contributed by atoms with van der Waals surface area (Å²) in [5.74, 6) is -0.251. The van der Waals surface area contributed by atoms with Crippen molar-refractivity contribution in [3.05, 3.63) is 29.8 Å². The van der Waals surface area contributed by atoms with E-state index in [1.54, 1.807) is 12.0 Å². The van der Waals surface area contributed by atoms with Crippen LogP contribution in [0.4, 0.5) is 5.69 Å². The number of benzene rings is 1. The lowest BCUT2D eigenvalue weighted by Gasteiger charge is -2.24. The summed E-state index contributed by atoms with van der Waals surface area (Å²) in [7, 11) is 1.61. The largest absolute Gasteiger partial charge is 0.383 e. The molecule has 1 aromatic carbocycles. The van der Waals surface area contributed by atoms with Crippen LogP contribution in [0.15, 0.2) is 24.3 Å². The molecule has 1 aliphatic rings. The number of ether oxygens (including phenoxy) is 1. The summed E-state index contributed by atoms with van der Waals surface area (Å²) in [6, 6.07) is 8.35. The van der Waals surface area contributed by atoms with Crippen LogP contribution in [0, 0.1) is 12.8 Å². The minimum atomic E-state index is -0.251. The van der Waals surface area contributed by atoms with Gasteiger partial charge in [0, 0.05) is 51.9 Å². The van der Waals surface area contributed by atoms with Gasteiger partial charge in [-0.1, -0.05) is 12.1 Å². The van der Waals surface area contributed by atoms with E-state index in [4.69, 9.17) is 4.74 Å². The molecule has 6 heteroatoms. The van der Waals surface area contributed by atoms with Gasteiger partial charge in [-0.25, -0.2) is 0 Å². The maximum Gasteiger partial charge on any atom is 0.225 e. The van der Waals surface area contributed by atoms with Gasteiger partial charge in [0.1, 0.15) is 0 Å². The predicted octanol–water partition coefficient (Wildman–Crippen LogP) is 1.43. The van der Waals surface area contributed by atoms with E-state index in [1.807, 2.05) is 6.07 Å². The first-order chi connectivity index (χ1) is 12.0. The van der Waals surface area contributed by atoms with Gasteiger partial charge in [0.15, 0.2) is 0 Å². The Labute approximate surface area is 150 Å². The molecule has 0 spiro atoms. The molecule has 6 nitrogen and oxygen atoms in total. The van der Waals surface area contributed by atoms with Crippen molar-refractivity contribution in [2.75, 3.05) is 51.3 Å². The van der Waals surface area contributed by atoms with Crippen molar-refractivity contribution in [1.29, 1.82) is 0 Å². The average molecular weight is 347 g/mol. The first-order valence-corrected chi connectivity index (χ1v) is 8.91. The number of carbonyl (C=O) groups excluding carboxylic acids is 2. The molecule has 25 heavy (non-hydrogen) atoms. The molecule has 0 saturated carbocycles. The quantitative estimate of drug-likeness (QED) is 0.734. The molecule has 138 valence electrons. The van der Waals surface area contributed by atoms with Crippen molar-refractivity contribution >= 4 is 17.5 Å². The van der Waals surface area contributed by atoms with Crippen molar-refractivity contribution < 1.29 is 14.3 Å². The molecule has 1 saturated heterocycles. The fraction of sp³-hybridized carbons (Fsp3) is 0.579. The highest BCUT2D eigenvalue weighted by Crippen LogP contribution is 2.18. The van der Waals surface area contributed by atoms with E-state index in [-0.39, 0.29) is 17.7 Å². The number of nitrogens with one attached hydrogen (secondary N) is 1. The molecule has 1 aliphatic heterocycles. The van der Waals surface area contributed by atoms with Crippen LogP contribution < -0.4 is 10.2 Å². The molecule has 2 amide bonds. The van der Waals surface area contributed by atoms with Crippen LogP contribution in [0.5, 0.6) is 0 Å². The molecule has 0 unspecified atom stereocenters. The van der Waals surface area contributed by atoms with Crippen LogP contribution in [0.2, 0.25) is 0 Å². The van der Waals surface area contributed by atoms with Crippen LogP contribution in [0.1, 0.15) is 18.9 Å². The molecule has 0 bridgehead atoms. The van der Waals surface area contributed by atoms with Gasteiger partial charge in [0.25, 0.3) is 0 Å². The molecule has 1 N–H and O–H groups in total. The summed E-state index contributed by atoms with van der Waals surface area (Å²) in [5.41, 5.74) is 2.39. The van der Waals surface area contributed by atoms with Crippen molar-refractivity contribution in [2.45, 2.75) is 20.3 Å². The Hall–Kier alpha value is -2.08. The minimum Gasteiger partial charge on any atom is -0.383 e. The Bertz CT molecular complexity index is 591. The second-order valence-corrected chi connectivity index (χ2v) is 6.44. The average Bonchev–Trinajstić information content (AvgIpc) is 2.97. The lowest BCUT2D eigenvalue weighted by Crippen LogP contribution is -2.38. The lowest BCUT2D eigenvalue weighted by molar-refractivity contribution is -0.129. The van der Waals surface area contributed by atoms with Gasteiger partial charge in [-0.15, -0.1) is 0 Å². The van der Waals surface area contributed by atoms with Crippen molar-refractivity contribution in [2.24, 2.45) is 5.92 Å². The van der Waals surface area contributed by atoms with Gasteiger partial charge in [-0.2, -0.15) is 0 Å². The number of nitrogens with zero attached hydrogens (tertiary/aromatic N) is 2. The molecule has 1 heterocycles. The number of rotatable bonds is 9. The van der Waals surface area contributed by atoms with Gasteiger partial charge in [0.05, 0.1) is 12.5 Å². The maximum atomic E-state index is 12.3. The first kappa shape index (κ1) is 19.2. The molecular weight excluding hydrogens is 318 g/mol. The van der Waals surface area contributed by atoms with Gasteiger partial charge < -0.3 is 19.9 Å². The predicted molar refractivity (Wildman–Crippen MR) is 98.6 cm³/mol. The molecule has 0 aromatic heterocycles. The number of amides is 2. The number of hydrogen-bond acceptors (Lipinski definition) is 4. The highest BCUT2D eigenvalue weighted by atomic mass is 16.5. The topological polar surface area (TPSA) is 61.9 Å². The second kappa shape index (κ2) is 9.42. The number of methoxy groups -OCH3 is 1. The van der Waals surface area contributed by atoms with Gasteiger partial charge in [-0.05, 0) is 31.5 Å². The number of likely N-dealkylation sites (N-methyl/N-ethyl adjacent to an activating group) is 1. The van der Waals surface area contributed by atoms with Crippen molar-refractivity contribution in [3.8, 4) is 0 Å². The van der Waals surface area contributed by atoms with Crippen LogP contribution >= 0.6 is 0 Å². The Balaban J connectivity index is 1.79. The summed E-state index contributed by atoms with van der Waals surface area (Å²) in [6.45, 7) is 7.93. The van der Waals surface area contributed by atoms with E-state index in [9.17, 15) is 9.59 Å². The summed E-state index contributed by atoms with van der Waals surface area (Å²) in [4.78, 5) is 28.2. The normalized spacial score (nSPS) is 17.0. The Kier molecular flexibility index (Phi) is 7.25. The van der Waals surface area contributed by atoms with Crippen molar-refractivity contribution in [1.82, 2.24) is 10.2 Å². The van der Waals surface area contributed by atoms with E-state index in [0.29, 0.717) is 32.7 Å². The number of hydrogen-bond donors (Lipinski definition) is 1. The summed E-state index contributed by atoms with van der Waals surface area (Å²) >= 11 is 0. The number of likely N-dealkylation sites (tertiary alicyclic amines) is 1. The SMILES string of the molecule is CCN(CCNC(=O)[C@H]1CC(=O)N(CCOC)C1)c1cccc(C)c1. The zero-order valence-corrected chi connectivity index (χ0v) is 15.5. The first-order valence-electron chi connectivity index (χ1n) is 8.91. The molecule has 1 aromatic rings. The van der Waals surface area contributed by atoms with E-state index < -0.39 is 0 Å². The number of carbonyl (C=O) groups is 2. The molecule has 1 atom stereocenters. The summed E-state index contributed by atoms with van der Waals surface area (Å²) < 4.78 is 5.00. The fourth-order valence-electron chi connectivity index (χ4n) is 3.12. The molecule has 1 fully saturated rings. The van der Waals surface area contributed by atoms with E-state index in [1.165, 1.54) is 11.3 Å². The van der Waals surface area contributed by atoms with Crippen LogP contribution in [0.3, 0.4) is 0 Å². The Morgan fingerprint density at radius 2 is 2.24 bits per heavy atom. The zero-order valence-electron chi connectivity index (χ0n) is 15.5. The van der Waals surface area contributed by atoms with Gasteiger partial charge in [-0.3, -0.25) is 9.59 Å². The lowest BCUT2D eigenvalue weighted by atomic mass is 10.1. The third kappa shape index (κ3) is 5.46. The van der Waals surface area contributed by atoms with E-state index in [2.05, 4.69) is 42.3 Å². The van der Waals surface area contributed by atoms with Crippen LogP contribution in [-0.4, -0.2) is 63.2 Å². The van der Waals surface area contributed by atoms with Crippen LogP contribution in [-0.2, 0) is 14.3 Å². The highest BCUT2D eigenvalue weighted by molar-refractivity contribution is 5.89. The monoisotopic (exact) mass is 347 g/mol. The number of aryl methyl sites for hydroxylation is 1. The van der Waals surface area contributed by atoms with E-state index in [0.717, 1.165) is 13.1 Å². The summed E-state index contributed by atoms with van der Waals surface area (Å²) in [6.07, 6.45) is 0.297. The maximum absolute atomic E-state index is 12.3. The molecule has 0 radical (unpaired) electrons. The second-order valence-electron chi connectivity index (χ2n) is 6.44. The van der Waals surface area contributed by atoms with Gasteiger partial charge >= 0.3 is 0 Å². The Morgan fingerprint density at radius 3 is 2.92 bits per heavy atom. The molecule has 2 rings (SSSR count). The minimum absolute atomic E-state index is 0.0337. The Morgan fingerprint density at radius 1 is 1.44 bits per heavy atom. The highest BCUT2D eigenvalue weighted by Gasteiger charge is 2.33. The molecule has 0 aliphatic carbocycles. The molecular formula is C19H29N3O3. The van der Waals surface area contributed by atoms with Crippen LogP contribution in [0.25, 0.3) is 0 Å².